The molecule has 2 saturated carbocycles. The van der Waals surface area contributed by atoms with Crippen molar-refractivity contribution in [2.24, 2.45) is 17.8 Å². The highest BCUT2D eigenvalue weighted by atomic mass is 32.1. The number of rotatable bonds is 4. The summed E-state index contributed by atoms with van der Waals surface area (Å²) in [7, 11) is 0. The van der Waals surface area contributed by atoms with Crippen LogP contribution in [0.3, 0.4) is 0 Å². The molecular formula is C15H21NOS. The van der Waals surface area contributed by atoms with E-state index in [1.165, 1.54) is 30.6 Å². The molecule has 4 atom stereocenters. The van der Waals surface area contributed by atoms with Gasteiger partial charge in [-0.25, -0.2) is 0 Å². The van der Waals surface area contributed by atoms with Crippen LogP contribution in [0.4, 0.5) is 0 Å². The fraction of sp³-hybridized carbons (Fsp3) is 0.667. The Balaban J connectivity index is 1.50. The maximum Gasteiger partial charge on any atom is 0.220 e. The first-order valence-corrected chi connectivity index (χ1v) is 7.93. The first kappa shape index (κ1) is 12.2. The van der Waals surface area contributed by atoms with E-state index in [0.717, 1.165) is 18.3 Å². The van der Waals surface area contributed by atoms with E-state index in [2.05, 4.69) is 23.7 Å². The minimum Gasteiger partial charge on any atom is -0.349 e. The zero-order chi connectivity index (χ0) is 12.5. The van der Waals surface area contributed by atoms with Gasteiger partial charge in [-0.15, -0.1) is 11.3 Å². The quantitative estimate of drug-likeness (QED) is 0.880. The Hall–Kier alpha value is -0.830. The van der Waals surface area contributed by atoms with Crippen LogP contribution in [0.25, 0.3) is 0 Å². The molecule has 2 bridgehead atoms. The van der Waals surface area contributed by atoms with Crippen molar-refractivity contribution in [1.29, 1.82) is 0 Å². The summed E-state index contributed by atoms with van der Waals surface area (Å²) in [5.74, 6) is 2.69. The smallest absolute Gasteiger partial charge is 0.220 e. The van der Waals surface area contributed by atoms with Crippen LogP contribution in [0.2, 0.25) is 0 Å². The van der Waals surface area contributed by atoms with Gasteiger partial charge in [0, 0.05) is 11.3 Å². The summed E-state index contributed by atoms with van der Waals surface area (Å²) in [5.41, 5.74) is 0. The summed E-state index contributed by atoms with van der Waals surface area (Å²) >= 11 is 1.71. The molecule has 1 N–H and O–H groups in total. The lowest BCUT2D eigenvalue weighted by Crippen LogP contribution is -2.29. The van der Waals surface area contributed by atoms with E-state index in [1.54, 1.807) is 11.3 Å². The molecule has 1 amide bonds. The first-order valence-electron chi connectivity index (χ1n) is 7.05. The highest BCUT2D eigenvalue weighted by molar-refractivity contribution is 7.10. The second-order valence-electron chi connectivity index (χ2n) is 5.94. The lowest BCUT2D eigenvalue weighted by Gasteiger charge is -2.22. The number of thiophene rings is 1. The van der Waals surface area contributed by atoms with Crippen LogP contribution in [-0.4, -0.2) is 5.91 Å². The van der Waals surface area contributed by atoms with E-state index in [4.69, 9.17) is 0 Å². The fourth-order valence-electron chi connectivity index (χ4n) is 3.77. The van der Waals surface area contributed by atoms with E-state index < -0.39 is 0 Å². The Morgan fingerprint density at radius 3 is 3.00 bits per heavy atom. The second kappa shape index (κ2) is 5.04. The van der Waals surface area contributed by atoms with Gasteiger partial charge in [0.2, 0.25) is 5.91 Å². The van der Waals surface area contributed by atoms with Gasteiger partial charge in [-0.05, 0) is 55.4 Å². The van der Waals surface area contributed by atoms with Crippen LogP contribution in [0, 0.1) is 17.8 Å². The van der Waals surface area contributed by atoms with Crippen LogP contribution in [-0.2, 0) is 4.79 Å². The van der Waals surface area contributed by atoms with Gasteiger partial charge in [0.05, 0.1) is 6.04 Å². The Morgan fingerprint density at radius 1 is 1.50 bits per heavy atom. The van der Waals surface area contributed by atoms with Gasteiger partial charge in [0.25, 0.3) is 0 Å². The van der Waals surface area contributed by atoms with Crippen molar-refractivity contribution in [2.75, 3.05) is 0 Å². The third-order valence-corrected chi connectivity index (χ3v) is 5.73. The number of hydrogen-bond donors (Lipinski definition) is 1. The van der Waals surface area contributed by atoms with Gasteiger partial charge in [-0.3, -0.25) is 4.79 Å². The SMILES string of the molecule is CC(NC(=O)CC1CC2CCC1C2)c1cccs1. The van der Waals surface area contributed by atoms with E-state index in [9.17, 15) is 4.79 Å². The van der Waals surface area contributed by atoms with Gasteiger partial charge in [0.1, 0.15) is 0 Å². The molecular weight excluding hydrogens is 242 g/mol. The van der Waals surface area contributed by atoms with Crippen LogP contribution < -0.4 is 5.32 Å². The van der Waals surface area contributed by atoms with E-state index in [-0.39, 0.29) is 11.9 Å². The number of amides is 1. The third kappa shape index (κ3) is 2.46. The van der Waals surface area contributed by atoms with Crippen molar-refractivity contribution in [3.63, 3.8) is 0 Å². The molecule has 4 unspecified atom stereocenters. The van der Waals surface area contributed by atoms with Crippen LogP contribution in [0.1, 0.15) is 49.9 Å². The Bertz CT molecular complexity index is 414. The number of carbonyl (C=O) groups excluding carboxylic acids is 1. The molecule has 3 rings (SSSR count). The lowest BCUT2D eigenvalue weighted by atomic mass is 9.86. The minimum atomic E-state index is 0.163. The predicted molar refractivity (Wildman–Crippen MR) is 74.4 cm³/mol. The molecule has 3 heteroatoms. The lowest BCUT2D eigenvalue weighted by molar-refractivity contribution is -0.123. The molecule has 0 radical (unpaired) electrons. The fourth-order valence-corrected chi connectivity index (χ4v) is 4.51. The molecule has 0 saturated heterocycles. The van der Waals surface area contributed by atoms with E-state index in [1.807, 2.05) is 6.07 Å². The topological polar surface area (TPSA) is 29.1 Å². The molecule has 1 aromatic heterocycles. The predicted octanol–water partition coefficient (Wildman–Crippen LogP) is 3.75. The summed E-state index contributed by atoms with van der Waals surface area (Å²) in [5, 5.41) is 5.20. The maximum absolute atomic E-state index is 12.1. The van der Waals surface area contributed by atoms with E-state index in [0.29, 0.717) is 5.92 Å². The summed E-state index contributed by atoms with van der Waals surface area (Å²) < 4.78 is 0. The van der Waals surface area contributed by atoms with Crippen molar-refractivity contribution in [3.05, 3.63) is 22.4 Å². The minimum absolute atomic E-state index is 0.163. The van der Waals surface area contributed by atoms with Crippen molar-refractivity contribution < 1.29 is 4.79 Å². The van der Waals surface area contributed by atoms with Crippen LogP contribution in [0.5, 0.6) is 0 Å². The van der Waals surface area contributed by atoms with Crippen LogP contribution in [0.15, 0.2) is 17.5 Å². The molecule has 1 aromatic rings. The summed E-state index contributed by atoms with van der Waals surface area (Å²) in [6, 6.07) is 4.29. The maximum atomic E-state index is 12.1. The van der Waals surface area contributed by atoms with Crippen molar-refractivity contribution in [3.8, 4) is 0 Å². The molecule has 18 heavy (non-hydrogen) atoms. The molecule has 98 valence electrons. The van der Waals surface area contributed by atoms with Gasteiger partial charge in [-0.2, -0.15) is 0 Å². The van der Waals surface area contributed by atoms with Gasteiger partial charge in [0.15, 0.2) is 0 Å². The van der Waals surface area contributed by atoms with Gasteiger partial charge in [-0.1, -0.05) is 12.5 Å². The number of nitrogens with one attached hydrogen (secondary N) is 1. The molecule has 0 aliphatic heterocycles. The number of fused-ring (bicyclic) bond motifs is 2. The molecule has 0 aromatic carbocycles. The van der Waals surface area contributed by atoms with Gasteiger partial charge < -0.3 is 5.32 Å². The van der Waals surface area contributed by atoms with Gasteiger partial charge >= 0.3 is 0 Å². The second-order valence-corrected chi connectivity index (χ2v) is 6.92. The summed E-state index contributed by atoms with van der Waals surface area (Å²) in [6.07, 6.45) is 6.21. The Labute approximate surface area is 113 Å². The molecule has 2 aliphatic carbocycles. The molecule has 1 heterocycles. The number of carbonyl (C=O) groups is 1. The molecule has 2 fully saturated rings. The highest BCUT2D eigenvalue weighted by Crippen LogP contribution is 2.49. The van der Waals surface area contributed by atoms with Crippen molar-refractivity contribution in [2.45, 2.75) is 45.1 Å². The van der Waals surface area contributed by atoms with Crippen LogP contribution >= 0.6 is 11.3 Å². The summed E-state index contributed by atoms with van der Waals surface area (Å²) in [4.78, 5) is 13.3. The molecule has 0 spiro atoms. The zero-order valence-electron chi connectivity index (χ0n) is 10.9. The van der Waals surface area contributed by atoms with E-state index >= 15 is 0 Å². The molecule has 2 nitrogen and oxygen atoms in total. The normalized spacial score (nSPS) is 31.5. The standard InChI is InChI=1S/C15H21NOS/c1-10(14-3-2-6-18-14)16-15(17)9-13-8-11-4-5-12(13)7-11/h2-3,6,10-13H,4-5,7-9H2,1H3,(H,16,17). The monoisotopic (exact) mass is 263 g/mol. The largest absolute Gasteiger partial charge is 0.349 e. The van der Waals surface area contributed by atoms with Crippen molar-refractivity contribution >= 4 is 17.2 Å². The Kier molecular flexibility index (Phi) is 3.42. The molecule has 2 aliphatic rings. The Morgan fingerprint density at radius 2 is 2.39 bits per heavy atom. The average Bonchev–Trinajstić information content (AvgIpc) is 3.06. The van der Waals surface area contributed by atoms with Crippen molar-refractivity contribution in [1.82, 2.24) is 5.32 Å². The zero-order valence-corrected chi connectivity index (χ0v) is 11.7. The first-order chi connectivity index (χ1) is 8.72. The average molecular weight is 263 g/mol. The third-order valence-electron chi connectivity index (χ3n) is 4.68. The number of hydrogen-bond acceptors (Lipinski definition) is 2. The highest BCUT2D eigenvalue weighted by Gasteiger charge is 2.40. The summed E-state index contributed by atoms with van der Waals surface area (Å²) in [6.45, 7) is 2.07.